The summed E-state index contributed by atoms with van der Waals surface area (Å²) >= 11 is 0. The second kappa shape index (κ2) is 5.68. The lowest BCUT2D eigenvalue weighted by molar-refractivity contribution is -0.0391. The predicted octanol–water partition coefficient (Wildman–Crippen LogP) is -0.0396. The molecule has 0 aromatic carbocycles. The van der Waals surface area contributed by atoms with Gasteiger partial charge in [0.1, 0.15) is 0 Å². The van der Waals surface area contributed by atoms with Crippen molar-refractivity contribution >= 4 is 15.6 Å². The summed E-state index contributed by atoms with van der Waals surface area (Å²) in [6.07, 6.45) is 0. The third-order valence-electron chi connectivity index (χ3n) is 0.180. The Labute approximate surface area is 64.0 Å². The molecule has 76 valence electrons. The molecular formula is H4F2O8P2. The molecule has 12 heavy (non-hydrogen) atoms. The summed E-state index contributed by atoms with van der Waals surface area (Å²) in [7, 11) is -9.63. The Kier molecular flexibility index (Phi) is 6.91. The van der Waals surface area contributed by atoms with Crippen molar-refractivity contribution in [2.75, 3.05) is 0 Å². The highest BCUT2D eigenvalue weighted by atomic mass is 31.2. The molecule has 0 saturated heterocycles. The second-order valence-electron chi connectivity index (χ2n) is 1.12. The van der Waals surface area contributed by atoms with Crippen molar-refractivity contribution in [1.82, 2.24) is 0 Å². The molecule has 8 nitrogen and oxygen atoms in total. The summed E-state index contributed by atoms with van der Waals surface area (Å²) in [6.45, 7) is 0. The van der Waals surface area contributed by atoms with Gasteiger partial charge in [-0.3, -0.25) is 0 Å². The maximum atomic E-state index is 10.2. The smallest absolute Gasteiger partial charge is 0.301 e. The zero-order valence-electron chi connectivity index (χ0n) is 5.07. The molecule has 0 radical (unpaired) electrons. The van der Waals surface area contributed by atoms with Crippen molar-refractivity contribution < 1.29 is 47.2 Å². The van der Waals surface area contributed by atoms with Crippen molar-refractivity contribution in [2.45, 2.75) is 0 Å². The predicted molar refractivity (Wildman–Crippen MR) is 28.5 cm³/mol. The van der Waals surface area contributed by atoms with Gasteiger partial charge in [-0.1, -0.05) is 9.46 Å². The molecule has 4 N–H and O–H groups in total. The van der Waals surface area contributed by atoms with E-state index in [0.717, 1.165) is 0 Å². The summed E-state index contributed by atoms with van der Waals surface area (Å²) in [5.41, 5.74) is 0. The minimum atomic E-state index is -4.81. The fraction of sp³-hybridized carbons (Fsp3) is 0. The van der Waals surface area contributed by atoms with Gasteiger partial charge in [-0.25, -0.2) is 9.13 Å². The van der Waals surface area contributed by atoms with Gasteiger partial charge in [-0.2, -0.15) is 0 Å². The SMILES string of the molecule is O=P(O)(O)OF.O=P(O)(O)OF. The lowest BCUT2D eigenvalue weighted by Crippen LogP contribution is -1.71. The van der Waals surface area contributed by atoms with Crippen LogP contribution in [0.3, 0.4) is 0 Å². The highest BCUT2D eigenvalue weighted by Gasteiger charge is 2.12. The first kappa shape index (κ1) is 14.6. The van der Waals surface area contributed by atoms with Crippen molar-refractivity contribution in [2.24, 2.45) is 0 Å². The average molecular weight is 232 g/mol. The molecule has 0 aromatic heterocycles. The van der Waals surface area contributed by atoms with Crippen LogP contribution in [0.15, 0.2) is 0 Å². The zero-order chi connectivity index (χ0) is 10.4. The Bertz CT molecular complexity index is 165. The summed E-state index contributed by atoms with van der Waals surface area (Å²) < 4.78 is 42.9. The van der Waals surface area contributed by atoms with Crippen LogP contribution < -0.4 is 0 Å². The van der Waals surface area contributed by atoms with Crippen LogP contribution in [0.25, 0.3) is 0 Å². The molecular weight excluding hydrogens is 228 g/mol. The first-order valence-electron chi connectivity index (χ1n) is 1.84. The van der Waals surface area contributed by atoms with E-state index in [1.807, 2.05) is 0 Å². The van der Waals surface area contributed by atoms with E-state index in [0.29, 0.717) is 0 Å². The van der Waals surface area contributed by atoms with Gasteiger partial charge in [-0.15, -0.1) is 0 Å². The van der Waals surface area contributed by atoms with Gasteiger partial charge in [-0.05, 0) is 9.05 Å². The van der Waals surface area contributed by atoms with E-state index >= 15 is 0 Å². The Morgan fingerprint density at radius 3 is 0.917 bits per heavy atom. The lowest BCUT2D eigenvalue weighted by Gasteiger charge is -1.87. The quantitative estimate of drug-likeness (QED) is 0.487. The molecule has 0 spiro atoms. The van der Waals surface area contributed by atoms with Crippen LogP contribution in [-0.4, -0.2) is 19.6 Å². The van der Waals surface area contributed by atoms with E-state index in [4.69, 9.17) is 28.7 Å². The van der Waals surface area contributed by atoms with Crippen LogP contribution in [0.2, 0.25) is 0 Å². The van der Waals surface area contributed by atoms with Gasteiger partial charge in [0.25, 0.3) is 0 Å². The maximum absolute atomic E-state index is 10.2. The number of phosphoric acid groups is 2. The Morgan fingerprint density at radius 2 is 0.917 bits per heavy atom. The van der Waals surface area contributed by atoms with Crippen LogP contribution in [0.4, 0.5) is 9.05 Å². The lowest BCUT2D eigenvalue weighted by atomic mass is 15.6. The molecule has 0 atom stereocenters. The molecule has 12 heteroatoms. The number of halogens is 2. The normalized spacial score (nSPS) is 11.8. The Balaban J connectivity index is 0. The largest absolute Gasteiger partial charge is 0.500 e. The minimum absolute atomic E-state index is 2.10. The maximum Gasteiger partial charge on any atom is 0.500 e. The highest BCUT2D eigenvalue weighted by molar-refractivity contribution is 7.46. The van der Waals surface area contributed by atoms with Crippen LogP contribution in [0.5, 0.6) is 0 Å². The minimum Gasteiger partial charge on any atom is -0.301 e. The fourth-order valence-electron chi connectivity index (χ4n) is 0. The zero-order valence-corrected chi connectivity index (χ0v) is 6.86. The molecule has 0 amide bonds. The van der Waals surface area contributed by atoms with Crippen molar-refractivity contribution in [3.63, 3.8) is 0 Å². The molecule has 0 aromatic rings. The van der Waals surface area contributed by atoms with E-state index < -0.39 is 15.6 Å². The monoisotopic (exact) mass is 232 g/mol. The van der Waals surface area contributed by atoms with Crippen LogP contribution in [0.1, 0.15) is 0 Å². The first-order chi connectivity index (χ1) is 5.12. The van der Waals surface area contributed by atoms with Crippen LogP contribution in [0, 0.1) is 0 Å². The number of hydrogen-bond donors (Lipinski definition) is 4. The fourth-order valence-corrected chi connectivity index (χ4v) is 0. The molecule has 0 aliphatic heterocycles. The molecule has 0 aliphatic rings. The van der Waals surface area contributed by atoms with Crippen LogP contribution >= 0.6 is 15.6 Å². The molecule has 0 bridgehead atoms. The first-order valence-corrected chi connectivity index (χ1v) is 4.90. The number of rotatable bonds is 2. The standard InChI is InChI=1S/2FH2O4P/c2*1-5-6(2,3)4/h2*(H2,2,3,4). The van der Waals surface area contributed by atoms with Gasteiger partial charge in [0.15, 0.2) is 0 Å². The van der Waals surface area contributed by atoms with Gasteiger partial charge in [0.05, 0.1) is 0 Å². The summed E-state index contributed by atoms with van der Waals surface area (Å²) in [4.78, 5) is 29.4. The Morgan fingerprint density at radius 1 is 0.833 bits per heavy atom. The van der Waals surface area contributed by atoms with Crippen LogP contribution in [-0.2, 0) is 18.6 Å². The van der Waals surface area contributed by atoms with Crippen molar-refractivity contribution in [3.8, 4) is 0 Å². The second-order valence-corrected chi connectivity index (χ2v) is 3.36. The summed E-state index contributed by atoms with van der Waals surface area (Å²) in [6, 6.07) is 0. The van der Waals surface area contributed by atoms with E-state index in [1.54, 1.807) is 0 Å². The van der Waals surface area contributed by atoms with E-state index in [-0.39, 0.29) is 0 Å². The van der Waals surface area contributed by atoms with Gasteiger partial charge in [0, 0.05) is 0 Å². The molecule has 0 aliphatic carbocycles. The molecule has 0 rings (SSSR count). The summed E-state index contributed by atoms with van der Waals surface area (Å²) in [5, 5.41) is 0. The van der Waals surface area contributed by atoms with Gasteiger partial charge in [0.2, 0.25) is 0 Å². The van der Waals surface area contributed by atoms with E-state index in [2.05, 4.69) is 9.46 Å². The van der Waals surface area contributed by atoms with Gasteiger partial charge < -0.3 is 19.6 Å². The Hall–Kier alpha value is 0.0800. The van der Waals surface area contributed by atoms with Crippen molar-refractivity contribution in [3.05, 3.63) is 0 Å². The number of hydrogen-bond acceptors (Lipinski definition) is 4. The topological polar surface area (TPSA) is 134 Å². The molecule has 0 heterocycles. The van der Waals surface area contributed by atoms with E-state index in [1.165, 1.54) is 0 Å². The average Bonchev–Trinajstić information content (AvgIpc) is 1.86. The molecule has 0 saturated carbocycles. The molecule has 0 unspecified atom stereocenters. The summed E-state index contributed by atoms with van der Waals surface area (Å²) in [5.74, 6) is 0. The third-order valence-corrected chi connectivity index (χ3v) is 0.539. The third kappa shape index (κ3) is 22.5. The van der Waals surface area contributed by atoms with E-state index in [9.17, 15) is 9.05 Å². The highest BCUT2D eigenvalue weighted by Crippen LogP contribution is 2.36. The molecule has 0 fully saturated rings. The van der Waals surface area contributed by atoms with Crippen molar-refractivity contribution in [1.29, 1.82) is 0 Å². The van der Waals surface area contributed by atoms with Gasteiger partial charge >= 0.3 is 15.6 Å².